The largest absolute Gasteiger partial charge is 0.340 e. The first-order valence-electron chi connectivity index (χ1n) is 8.53. The number of H-pyrrole nitrogens is 1. The summed E-state index contributed by atoms with van der Waals surface area (Å²) >= 11 is 0. The van der Waals surface area contributed by atoms with E-state index in [2.05, 4.69) is 67.3 Å². The highest BCUT2D eigenvalue weighted by Gasteiger charge is 2.21. The summed E-state index contributed by atoms with van der Waals surface area (Å²) in [7, 11) is 0. The van der Waals surface area contributed by atoms with Crippen LogP contribution in [0.15, 0.2) is 30.6 Å². The minimum Gasteiger partial charge on any atom is -0.340 e. The minimum atomic E-state index is 0.743. The van der Waals surface area contributed by atoms with Crippen molar-refractivity contribution in [1.82, 2.24) is 35.1 Å². The summed E-state index contributed by atoms with van der Waals surface area (Å²) in [4.78, 5) is 12.2. The van der Waals surface area contributed by atoms with Crippen molar-refractivity contribution in [2.75, 3.05) is 31.1 Å². The predicted molar refractivity (Wildman–Crippen MR) is 94.7 cm³/mol. The van der Waals surface area contributed by atoms with E-state index in [0.717, 1.165) is 50.2 Å². The number of aromatic amines is 1. The predicted octanol–water partition coefficient (Wildman–Crippen LogP) is 1.32. The molecule has 3 aromatic rings. The number of nitrogens with one attached hydrogen (secondary N) is 1. The molecule has 0 spiro atoms. The van der Waals surface area contributed by atoms with Gasteiger partial charge >= 0.3 is 0 Å². The van der Waals surface area contributed by atoms with Gasteiger partial charge in [0.2, 0.25) is 5.95 Å². The van der Waals surface area contributed by atoms with E-state index in [0.29, 0.717) is 0 Å². The Hall–Kier alpha value is -2.74. The second kappa shape index (κ2) is 6.64. The standard InChI is InChI=1S/C17H22N8/c1-13-4-3-5-14(2)16(13)25-15(20-21-22-25)12-23-8-10-24(11-9-23)17-18-6-7-19-17/h3-7H,8-12H2,1-2H3,(H,18,19). The molecule has 8 heteroatoms. The van der Waals surface area contributed by atoms with Crippen LogP contribution in [0.2, 0.25) is 0 Å². The van der Waals surface area contributed by atoms with Gasteiger partial charge in [0.1, 0.15) is 0 Å². The van der Waals surface area contributed by atoms with E-state index < -0.39 is 0 Å². The number of para-hydroxylation sites is 1. The maximum absolute atomic E-state index is 4.33. The lowest BCUT2D eigenvalue weighted by atomic mass is 10.1. The molecule has 1 saturated heterocycles. The molecule has 130 valence electrons. The lowest BCUT2D eigenvalue weighted by molar-refractivity contribution is 0.241. The SMILES string of the molecule is Cc1cccc(C)c1-n1nnnc1CN1CCN(c2ncc[nH]2)CC1. The van der Waals surface area contributed by atoms with E-state index in [1.54, 1.807) is 6.20 Å². The molecule has 0 aliphatic carbocycles. The van der Waals surface area contributed by atoms with Crippen molar-refractivity contribution in [2.24, 2.45) is 0 Å². The summed E-state index contributed by atoms with van der Waals surface area (Å²) in [5.41, 5.74) is 3.43. The molecule has 0 amide bonds. The fraction of sp³-hybridized carbons (Fsp3) is 0.412. The second-order valence-electron chi connectivity index (χ2n) is 6.42. The van der Waals surface area contributed by atoms with Crippen LogP contribution in [0.5, 0.6) is 0 Å². The summed E-state index contributed by atoms with van der Waals surface area (Å²) in [6.45, 7) is 8.73. The van der Waals surface area contributed by atoms with Crippen LogP contribution in [0.4, 0.5) is 5.95 Å². The van der Waals surface area contributed by atoms with Crippen LogP contribution >= 0.6 is 0 Å². The van der Waals surface area contributed by atoms with Crippen LogP contribution in [-0.4, -0.2) is 61.3 Å². The third kappa shape index (κ3) is 3.12. The van der Waals surface area contributed by atoms with Gasteiger partial charge < -0.3 is 9.88 Å². The van der Waals surface area contributed by atoms with Crippen molar-refractivity contribution in [1.29, 1.82) is 0 Å². The molecule has 25 heavy (non-hydrogen) atoms. The topological polar surface area (TPSA) is 78.8 Å². The number of tetrazole rings is 1. The molecule has 3 heterocycles. The van der Waals surface area contributed by atoms with E-state index in [9.17, 15) is 0 Å². The molecule has 2 aromatic heterocycles. The number of benzene rings is 1. The van der Waals surface area contributed by atoms with Crippen molar-refractivity contribution < 1.29 is 0 Å². The number of aromatic nitrogens is 6. The van der Waals surface area contributed by atoms with Crippen molar-refractivity contribution >= 4 is 5.95 Å². The van der Waals surface area contributed by atoms with Gasteiger partial charge in [-0.1, -0.05) is 18.2 Å². The molecule has 0 unspecified atom stereocenters. The average Bonchev–Trinajstić information content (AvgIpc) is 3.28. The van der Waals surface area contributed by atoms with E-state index in [-0.39, 0.29) is 0 Å². The molecule has 0 radical (unpaired) electrons. The first-order valence-corrected chi connectivity index (χ1v) is 8.53. The molecule has 0 atom stereocenters. The van der Waals surface area contributed by atoms with Gasteiger partial charge in [0, 0.05) is 38.6 Å². The Bertz CT molecular complexity index is 810. The summed E-state index contributed by atoms with van der Waals surface area (Å²) in [5.74, 6) is 1.82. The maximum Gasteiger partial charge on any atom is 0.202 e. The van der Waals surface area contributed by atoms with Gasteiger partial charge in [-0.2, -0.15) is 4.68 Å². The van der Waals surface area contributed by atoms with Crippen LogP contribution in [0.3, 0.4) is 0 Å². The summed E-state index contributed by atoms with van der Waals surface area (Å²) in [6, 6.07) is 6.25. The average molecular weight is 338 g/mol. The smallest absolute Gasteiger partial charge is 0.202 e. The van der Waals surface area contributed by atoms with Crippen molar-refractivity contribution in [3.8, 4) is 5.69 Å². The molecule has 1 fully saturated rings. The van der Waals surface area contributed by atoms with E-state index in [1.165, 1.54) is 11.1 Å². The van der Waals surface area contributed by atoms with E-state index in [1.807, 2.05) is 10.9 Å². The van der Waals surface area contributed by atoms with Crippen LogP contribution in [0, 0.1) is 13.8 Å². The zero-order chi connectivity index (χ0) is 17.2. The number of imidazole rings is 1. The zero-order valence-electron chi connectivity index (χ0n) is 14.6. The highest BCUT2D eigenvalue weighted by molar-refractivity contribution is 5.46. The van der Waals surface area contributed by atoms with Gasteiger partial charge in [0.05, 0.1) is 12.2 Å². The number of aryl methyl sites for hydroxylation is 2. The van der Waals surface area contributed by atoms with Crippen molar-refractivity contribution in [3.05, 3.63) is 47.5 Å². The first kappa shape index (κ1) is 15.8. The van der Waals surface area contributed by atoms with Gasteiger partial charge in [0.25, 0.3) is 0 Å². The molecule has 0 bridgehead atoms. The second-order valence-corrected chi connectivity index (χ2v) is 6.42. The van der Waals surface area contributed by atoms with Crippen LogP contribution in [0.1, 0.15) is 17.0 Å². The normalized spacial score (nSPS) is 15.7. The highest BCUT2D eigenvalue weighted by Crippen LogP contribution is 2.19. The number of hydrogen-bond acceptors (Lipinski definition) is 6. The van der Waals surface area contributed by atoms with Gasteiger partial charge in [-0.15, -0.1) is 5.10 Å². The van der Waals surface area contributed by atoms with Crippen LogP contribution in [0.25, 0.3) is 5.69 Å². The molecule has 1 aliphatic rings. The minimum absolute atomic E-state index is 0.743. The Kier molecular flexibility index (Phi) is 4.19. The number of hydrogen-bond donors (Lipinski definition) is 1. The van der Waals surface area contributed by atoms with E-state index >= 15 is 0 Å². The fourth-order valence-corrected chi connectivity index (χ4v) is 3.37. The number of nitrogens with zero attached hydrogens (tertiary/aromatic N) is 7. The quantitative estimate of drug-likeness (QED) is 0.773. The zero-order valence-corrected chi connectivity index (χ0v) is 14.6. The van der Waals surface area contributed by atoms with Crippen molar-refractivity contribution in [3.63, 3.8) is 0 Å². The highest BCUT2D eigenvalue weighted by atomic mass is 15.5. The summed E-state index contributed by atoms with van der Waals surface area (Å²) < 4.78 is 1.88. The Labute approximate surface area is 146 Å². The van der Waals surface area contributed by atoms with Gasteiger partial charge in [0.15, 0.2) is 5.82 Å². The van der Waals surface area contributed by atoms with Gasteiger partial charge in [-0.3, -0.25) is 4.90 Å². The molecule has 1 aliphatic heterocycles. The maximum atomic E-state index is 4.33. The Morgan fingerprint density at radius 1 is 1.08 bits per heavy atom. The first-order chi connectivity index (χ1) is 12.2. The third-order valence-corrected chi connectivity index (χ3v) is 4.71. The molecular weight excluding hydrogens is 316 g/mol. The van der Waals surface area contributed by atoms with Gasteiger partial charge in [-0.25, -0.2) is 4.98 Å². The van der Waals surface area contributed by atoms with Crippen LogP contribution in [-0.2, 0) is 6.54 Å². The third-order valence-electron chi connectivity index (χ3n) is 4.71. The van der Waals surface area contributed by atoms with E-state index in [4.69, 9.17) is 0 Å². The molecule has 0 saturated carbocycles. The number of piperazine rings is 1. The lowest BCUT2D eigenvalue weighted by Gasteiger charge is -2.34. The van der Waals surface area contributed by atoms with Crippen molar-refractivity contribution in [2.45, 2.75) is 20.4 Å². The summed E-state index contributed by atoms with van der Waals surface area (Å²) in [5, 5.41) is 12.4. The van der Waals surface area contributed by atoms with Crippen LogP contribution < -0.4 is 4.90 Å². The Morgan fingerprint density at radius 2 is 1.84 bits per heavy atom. The summed E-state index contributed by atoms with van der Waals surface area (Å²) in [6.07, 6.45) is 3.65. The monoisotopic (exact) mass is 338 g/mol. The fourth-order valence-electron chi connectivity index (χ4n) is 3.37. The number of anilines is 1. The Balaban J connectivity index is 1.47. The molecular formula is C17H22N8. The van der Waals surface area contributed by atoms with Gasteiger partial charge in [-0.05, 0) is 35.4 Å². The lowest BCUT2D eigenvalue weighted by Crippen LogP contribution is -2.46. The molecule has 1 aromatic carbocycles. The Morgan fingerprint density at radius 3 is 2.52 bits per heavy atom. The molecule has 4 rings (SSSR count). The number of rotatable bonds is 4. The molecule has 8 nitrogen and oxygen atoms in total. The molecule has 1 N–H and O–H groups in total.